The van der Waals surface area contributed by atoms with E-state index in [1.54, 1.807) is 0 Å². The summed E-state index contributed by atoms with van der Waals surface area (Å²) >= 11 is 0. The molecule has 4 rings (SSSR count). The smallest absolute Gasteiger partial charge is 0.356 e. The number of urea groups is 1. The molecule has 2 aromatic rings. The number of anilines is 1. The highest BCUT2D eigenvalue weighted by atomic mass is 19.4. The normalized spacial score (nSPS) is 21.3. The molecule has 186 valence electrons. The third kappa shape index (κ3) is 5.05. The largest absolute Gasteiger partial charge is 0.417 e. The number of carbonyl (C=O) groups excluding carboxylic acids is 3. The van der Waals surface area contributed by atoms with E-state index in [1.807, 2.05) is 4.90 Å². The van der Waals surface area contributed by atoms with Crippen LogP contribution in [0.4, 0.5) is 28.2 Å². The van der Waals surface area contributed by atoms with E-state index >= 15 is 0 Å². The number of nitrogens with zero attached hydrogens (tertiary/aromatic N) is 3. The predicted octanol–water partition coefficient (Wildman–Crippen LogP) is 2.79. The van der Waals surface area contributed by atoms with E-state index in [4.69, 9.17) is 0 Å². The van der Waals surface area contributed by atoms with Gasteiger partial charge in [0.1, 0.15) is 23.7 Å². The van der Waals surface area contributed by atoms with Gasteiger partial charge in [-0.1, -0.05) is 12.1 Å². The van der Waals surface area contributed by atoms with Crippen LogP contribution in [-0.4, -0.2) is 53.4 Å². The molecule has 2 fully saturated rings. The highest BCUT2D eigenvalue weighted by Gasteiger charge is 2.49. The van der Waals surface area contributed by atoms with Crippen molar-refractivity contribution in [3.8, 4) is 0 Å². The number of halogens is 4. The van der Waals surface area contributed by atoms with E-state index in [-0.39, 0.29) is 6.04 Å². The number of rotatable bonds is 5. The Kier molecular flexibility index (Phi) is 6.39. The summed E-state index contributed by atoms with van der Waals surface area (Å²) in [7, 11) is 0. The average Bonchev–Trinajstić information content (AvgIpc) is 3.03. The minimum Gasteiger partial charge on any atom is -0.356 e. The van der Waals surface area contributed by atoms with Crippen molar-refractivity contribution in [1.82, 2.24) is 20.5 Å². The maximum Gasteiger partial charge on any atom is 0.417 e. The topological polar surface area (TPSA) is 94.6 Å². The number of hydrogen-bond acceptors (Lipinski definition) is 5. The number of aromatic nitrogens is 1. The molecule has 0 aliphatic carbocycles. The first kappa shape index (κ1) is 24.4. The molecular weight excluding hydrogens is 470 g/mol. The fourth-order valence-electron chi connectivity index (χ4n) is 4.23. The summed E-state index contributed by atoms with van der Waals surface area (Å²) in [6, 6.07) is 6.51. The number of nitrogens with one attached hydrogen (secondary N) is 2. The first-order valence-electron chi connectivity index (χ1n) is 10.9. The average molecular weight is 493 g/mol. The van der Waals surface area contributed by atoms with Crippen molar-refractivity contribution in [2.24, 2.45) is 0 Å². The molecule has 0 radical (unpaired) electrons. The summed E-state index contributed by atoms with van der Waals surface area (Å²) in [5.41, 5.74) is -1.84. The second kappa shape index (κ2) is 9.16. The fourth-order valence-corrected chi connectivity index (χ4v) is 4.23. The van der Waals surface area contributed by atoms with Gasteiger partial charge in [0.25, 0.3) is 5.91 Å². The van der Waals surface area contributed by atoms with Crippen LogP contribution < -0.4 is 15.5 Å². The van der Waals surface area contributed by atoms with Crippen molar-refractivity contribution in [2.75, 3.05) is 24.5 Å². The first-order valence-corrected chi connectivity index (χ1v) is 10.9. The van der Waals surface area contributed by atoms with Crippen LogP contribution >= 0.6 is 0 Å². The number of pyridine rings is 1. The van der Waals surface area contributed by atoms with Gasteiger partial charge in [-0.05, 0) is 49.6 Å². The van der Waals surface area contributed by atoms with Gasteiger partial charge in [0.15, 0.2) is 0 Å². The van der Waals surface area contributed by atoms with E-state index < -0.39 is 47.5 Å². The van der Waals surface area contributed by atoms with Crippen LogP contribution in [0.5, 0.6) is 0 Å². The van der Waals surface area contributed by atoms with E-state index in [9.17, 15) is 31.9 Å². The quantitative estimate of drug-likeness (QED) is 0.494. The van der Waals surface area contributed by atoms with Crippen LogP contribution in [0.25, 0.3) is 0 Å². The van der Waals surface area contributed by atoms with Crippen molar-refractivity contribution in [2.45, 2.75) is 37.5 Å². The van der Waals surface area contributed by atoms with Gasteiger partial charge in [-0.3, -0.25) is 14.5 Å². The molecule has 35 heavy (non-hydrogen) atoms. The summed E-state index contributed by atoms with van der Waals surface area (Å²) in [5.74, 6) is -1.19. The molecule has 0 spiro atoms. The van der Waals surface area contributed by atoms with Crippen LogP contribution in [0.15, 0.2) is 42.6 Å². The van der Waals surface area contributed by atoms with Gasteiger partial charge in [0, 0.05) is 25.3 Å². The number of carbonyl (C=O) groups is 3. The summed E-state index contributed by atoms with van der Waals surface area (Å²) in [4.78, 5) is 44.4. The lowest BCUT2D eigenvalue weighted by atomic mass is 9.92. The lowest BCUT2D eigenvalue weighted by Crippen LogP contribution is -2.49. The molecule has 3 heterocycles. The Hall–Kier alpha value is -3.70. The molecule has 8 nitrogen and oxygen atoms in total. The Labute approximate surface area is 198 Å². The Morgan fingerprint density at radius 1 is 1.14 bits per heavy atom. The van der Waals surface area contributed by atoms with Gasteiger partial charge in [0.05, 0.1) is 5.56 Å². The summed E-state index contributed by atoms with van der Waals surface area (Å²) in [6.07, 6.45) is -2.63. The zero-order valence-electron chi connectivity index (χ0n) is 18.7. The monoisotopic (exact) mass is 493 g/mol. The third-order valence-electron chi connectivity index (χ3n) is 6.26. The van der Waals surface area contributed by atoms with Crippen LogP contribution in [-0.2, 0) is 21.3 Å². The Balaban J connectivity index is 1.30. The molecule has 2 N–H and O–H groups in total. The van der Waals surface area contributed by atoms with Gasteiger partial charge < -0.3 is 15.5 Å². The maximum absolute atomic E-state index is 13.2. The van der Waals surface area contributed by atoms with E-state index in [2.05, 4.69) is 15.6 Å². The molecule has 4 amide bonds. The second-order valence-electron chi connectivity index (χ2n) is 8.69. The molecule has 1 aromatic heterocycles. The van der Waals surface area contributed by atoms with Crippen LogP contribution in [0.3, 0.4) is 0 Å². The minimum absolute atomic E-state index is 0.225. The summed E-state index contributed by atoms with van der Waals surface area (Å²) in [6.45, 7) is 1.95. The van der Waals surface area contributed by atoms with E-state index in [1.165, 1.54) is 37.3 Å². The molecule has 2 saturated heterocycles. The summed E-state index contributed by atoms with van der Waals surface area (Å²) in [5, 5.41) is 5.37. The number of imide groups is 1. The van der Waals surface area contributed by atoms with Gasteiger partial charge in [0.2, 0.25) is 5.91 Å². The zero-order valence-corrected chi connectivity index (χ0v) is 18.7. The first-order chi connectivity index (χ1) is 16.5. The predicted molar refractivity (Wildman–Crippen MR) is 117 cm³/mol. The Bertz CT molecular complexity index is 1120. The van der Waals surface area contributed by atoms with Crippen LogP contribution in [0.2, 0.25) is 0 Å². The molecule has 0 bridgehead atoms. The standard InChI is InChI=1S/C23H23F4N5O3/c1-22(14-2-5-16(24)6-3-14)20(34)32(21(35)30-22)13-19(33)29-17-8-10-31(11-9-17)18-7-4-15(12-28-18)23(25,26)27/h2-7,12,17H,8-11,13H2,1H3,(H,29,33)(H,30,35). The Morgan fingerprint density at radius 2 is 1.80 bits per heavy atom. The van der Waals surface area contributed by atoms with Gasteiger partial charge in [-0.2, -0.15) is 13.2 Å². The molecule has 1 atom stereocenters. The Morgan fingerprint density at radius 3 is 2.37 bits per heavy atom. The summed E-state index contributed by atoms with van der Waals surface area (Å²) < 4.78 is 51.4. The minimum atomic E-state index is -4.45. The van der Waals surface area contributed by atoms with Crippen LogP contribution in [0.1, 0.15) is 30.9 Å². The molecule has 2 aliphatic rings. The van der Waals surface area contributed by atoms with Crippen molar-refractivity contribution in [3.05, 3.63) is 59.5 Å². The van der Waals surface area contributed by atoms with Crippen molar-refractivity contribution in [3.63, 3.8) is 0 Å². The highest BCUT2D eigenvalue weighted by Crippen LogP contribution is 2.30. The fraction of sp³-hybridized carbons (Fsp3) is 0.391. The third-order valence-corrected chi connectivity index (χ3v) is 6.26. The molecule has 12 heteroatoms. The molecule has 0 saturated carbocycles. The highest BCUT2D eigenvalue weighted by molar-refractivity contribution is 6.09. The van der Waals surface area contributed by atoms with Gasteiger partial charge in [-0.15, -0.1) is 0 Å². The SMILES string of the molecule is CC1(c2ccc(F)cc2)NC(=O)N(CC(=O)NC2CCN(c3ccc(C(F)(F)F)cn3)CC2)C1=O. The number of amides is 4. The van der Waals surface area contributed by atoms with Gasteiger partial charge in [-0.25, -0.2) is 14.2 Å². The molecule has 1 unspecified atom stereocenters. The van der Waals surface area contributed by atoms with Crippen molar-refractivity contribution < 1.29 is 31.9 Å². The van der Waals surface area contributed by atoms with Gasteiger partial charge >= 0.3 is 12.2 Å². The molecule has 2 aliphatic heterocycles. The second-order valence-corrected chi connectivity index (χ2v) is 8.69. The maximum atomic E-state index is 13.2. The number of hydrogen-bond donors (Lipinski definition) is 2. The lowest BCUT2D eigenvalue weighted by Gasteiger charge is -2.33. The zero-order chi connectivity index (χ0) is 25.4. The number of alkyl halides is 3. The number of piperidine rings is 1. The molecule has 1 aromatic carbocycles. The van der Waals surface area contributed by atoms with Crippen LogP contribution in [0, 0.1) is 5.82 Å². The van der Waals surface area contributed by atoms with E-state index in [0.717, 1.165) is 17.2 Å². The van der Waals surface area contributed by atoms with Crippen molar-refractivity contribution in [1.29, 1.82) is 0 Å². The van der Waals surface area contributed by atoms with Crippen molar-refractivity contribution >= 4 is 23.7 Å². The lowest BCUT2D eigenvalue weighted by molar-refractivity contribution is -0.137. The van der Waals surface area contributed by atoms with E-state index in [0.29, 0.717) is 37.3 Å². The number of benzene rings is 1. The molecular formula is C23H23F4N5O3.